The van der Waals surface area contributed by atoms with E-state index in [1.165, 1.54) is 88.9 Å². The zero-order valence-electron chi connectivity index (χ0n) is 22.6. The van der Waals surface area contributed by atoms with Gasteiger partial charge in [0.1, 0.15) is 0 Å². The molecular formula is C34H37Cl2HfSi. The van der Waals surface area contributed by atoms with Crippen molar-refractivity contribution in [3.63, 3.8) is 0 Å². The molecule has 0 nitrogen and oxygen atoms in total. The summed E-state index contributed by atoms with van der Waals surface area (Å²) >= 11 is -4.96. The summed E-state index contributed by atoms with van der Waals surface area (Å²) in [5, 5.41) is 0. The Kier molecular flexibility index (Phi) is 7.40. The van der Waals surface area contributed by atoms with Gasteiger partial charge in [-0.1, -0.05) is 0 Å². The van der Waals surface area contributed by atoms with Gasteiger partial charge in [0.25, 0.3) is 0 Å². The second-order valence-electron chi connectivity index (χ2n) is 11.4. The summed E-state index contributed by atoms with van der Waals surface area (Å²) in [7, 11) is 17.2. The minimum absolute atomic E-state index is 0.950. The zero-order chi connectivity index (χ0) is 26.4. The molecule has 0 atom stereocenters. The van der Waals surface area contributed by atoms with Crippen molar-refractivity contribution in [1.29, 1.82) is 0 Å². The number of unbranched alkanes of at least 4 members (excludes halogenated alkanes) is 2. The van der Waals surface area contributed by atoms with Crippen molar-refractivity contribution in [3.8, 4) is 22.3 Å². The Hall–Kier alpha value is -1.45. The van der Waals surface area contributed by atoms with Gasteiger partial charge in [-0.25, -0.2) is 0 Å². The van der Waals surface area contributed by atoms with E-state index in [-0.39, 0.29) is 0 Å². The molecular weight excluding hydrogens is 686 g/mol. The summed E-state index contributed by atoms with van der Waals surface area (Å²) in [5.41, 5.74) is 11.1. The zero-order valence-corrected chi connectivity index (χ0v) is 28.8. The fourth-order valence-electron chi connectivity index (χ4n) is 7.31. The molecule has 0 saturated heterocycles. The Labute approximate surface area is 237 Å². The second kappa shape index (κ2) is 10.5. The number of rotatable bonds is 9. The van der Waals surface area contributed by atoms with Crippen molar-refractivity contribution in [2.75, 3.05) is 0 Å². The van der Waals surface area contributed by atoms with Gasteiger partial charge in [0, 0.05) is 0 Å². The summed E-state index contributed by atoms with van der Waals surface area (Å²) in [6, 6.07) is 34.1. The van der Waals surface area contributed by atoms with Gasteiger partial charge in [-0.3, -0.25) is 0 Å². The first-order chi connectivity index (χ1) is 18.5. The SMILES string of the molecule is CCCC[SiH](CCCC)[Hf]([Cl])([Cl])([c]1cccc2c1Cc1ccccc1-2)[c]1cccc2c1Cc1ccccc1-2. The summed E-state index contributed by atoms with van der Waals surface area (Å²) in [5.74, 6) is -1.58. The van der Waals surface area contributed by atoms with Crippen molar-refractivity contribution in [1.82, 2.24) is 0 Å². The molecule has 4 heteroatoms. The third-order valence-electron chi connectivity index (χ3n) is 9.22. The van der Waals surface area contributed by atoms with Crippen molar-refractivity contribution >= 4 is 29.8 Å². The molecule has 0 bridgehead atoms. The Morgan fingerprint density at radius 2 is 1.00 bits per heavy atom. The van der Waals surface area contributed by atoms with E-state index in [0.717, 1.165) is 12.8 Å². The van der Waals surface area contributed by atoms with Gasteiger partial charge in [0.2, 0.25) is 0 Å². The van der Waals surface area contributed by atoms with E-state index in [9.17, 15) is 0 Å². The van der Waals surface area contributed by atoms with Gasteiger partial charge in [0.15, 0.2) is 0 Å². The molecule has 0 N–H and O–H groups in total. The van der Waals surface area contributed by atoms with Crippen LogP contribution in [0.5, 0.6) is 0 Å². The van der Waals surface area contributed by atoms with E-state index in [0.29, 0.717) is 0 Å². The number of halogens is 2. The van der Waals surface area contributed by atoms with Gasteiger partial charge < -0.3 is 0 Å². The molecule has 4 aromatic rings. The molecule has 0 unspecified atom stereocenters. The van der Waals surface area contributed by atoms with Crippen LogP contribution in [0.4, 0.5) is 0 Å². The number of hydrogen-bond donors (Lipinski definition) is 0. The van der Waals surface area contributed by atoms with Crippen LogP contribution in [0.1, 0.15) is 61.8 Å². The van der Waals surface area contributed by atoms with Crippen molar-refractivity contribution < 1.29 is 15.3 Å². The van der Waals surface area contributed by atoms with Gasteiger partial charge in [-0.15, -0.1) is 0 Å². The second-order valence-corrected chi connectivity index (χ2v) is 64.3. The normalized spacial score (nSPS) is 14.5. The topological polar surface area (TPSA) is 0 Å². The summed E-state index contributed by atoms with van der Waals surface area (Å²) in [4.78, 5) is 0. The van der Waals surface area contributed by atoms with E-state index in [1.54, 1.807) is 0 Å². The van der Waals surface area contributed by atoms with Crippen molar-refractivity contribution in [2.45, 2.75) is 64.5 Å². The maximum absolute atomic E-state index is 8.58. The molecule has 0 saturated carbocycles. The number of hydrogen-bond acceptors (Lipinski definition) is 0. The van der Waals surface area contributed by atoms with Gasteiger partial charge >= 0.3 is 239 Å². The molecule has 0 heterocycles. The summed E-state index contributed by atoms with van der Waals surface area (Å²) in [6.07, 6.45) is 6.77. The van der Waals surface area contributed by atoms with Crippen LogP contribution in [-0.2, 0) is 28.1 Å². The molecule has 2 aliphatic carbocycles. The molecule has 0 spiro atoms. The monoisotopic (exact) mass is 723 g/mol. The standard InChI is InChI=1S/2C13H9.C8H19Si.2ClH.Hf/c2*1-3-7-12-10(5-1)9-11-6-2-4-8-13(11)12;1-3-5-7-9-8-6-4-2;;;/h2*1-5,7-8H,9H2;9H,3-8H2,1-2H3;2*1H;/q;;;;;+2/p-2. The van der Waals surface area contributed by atoms with Crippen LogP contribution < -0.4 is 6.64 Å². The Balaban J connectivity index is 1.63. The van der Waals surface area contributed by atoms with Crippen LogP contribution in [0, 0.1) is 0 Å². The Bertz CT molecular complexity index is 1400. The molecule has 0 aliphatic heterocycles. The van der Waals surface area contributed by atoms with Crippen LogP contribution in [0.25, 0.3) is 22.3 Å². The average molecular weight is 723 g/mol. The Morgan fingerprint density at radius 3 is 1.45 bits per heavy atom. The van der Waals surface area contributed by atoms with Gasteiger partial charge in [-0.2, -0.15) is 0 Å². The first-order valence-electron chi connectivity index (χ1n) is 14.5. The molecule has 6 rings (SSSR count). The average Bonchev–Trinajstić information content (AvgIpc) is 3.51. The number of benzene rings is 4. The van der Waals surface area contributed by atoms with Crippen LogP contribution in [0.3, 0.4) is 0 Å². The van der Waals surface area contributed by atoms with E-state index in [1.807, 2.05) is 0 Å². The molecule has 0 aromatic heterocycles. The maximum atomic E-state index is 8.58. The van der Waals surface area contributed by atoms with Crippen molar-refractivity contribution in [3.05, 3.63) is 107 Å². The first-order valence-corrected chi connectivity index (χ1v) is 35.4. The van der Waals surface area contributed by atoms with Crippen LogP contribution in [0.2, 0.25) is 12.1 Å². The van der Waals surface area contributed by atoms with E-state index in [2.05, 4.69) is 98.8 Å². The molecule has 0 amide bonds. The summed E-state index contributed by atoms with van der Waals surface area (Å²) < 4.78 is 2.74. The number of fused-ring (bicyclic) bond motifs is 6. The van der Waals surface area contributed by atoms with Gasteiger partial charge in [0.05, 0.1) is 0 Å². The fourth-order valence-corrected chi connectivity index (χ4v) is 66.6. The molecule has 0 radical (unpaired) electrons. The Morgan fingerprint density at radius 1 is 0.579 bits per heavy atom. The quantitative estimate of drug-likeness (QED) is 0.131. The molecule has 4 aromatic carbocycles. The molecule has 195 valence electrons. The molecule has 2 aliphatic rings. The van der Waals surface area contributed by atoms with E-state index >= 15 is 0 Å². The van der Waals surface area contributed by atoms with Crippen LogP contribution in [-0.4, -0.2) is 5.98 Å². The molecule has 0 fully saturated rings. The van der Waals surface area contributed by atoms with Crippen LogP contribution in [0.15, 0.2) is 84.9 Å². The first kappa shape index (κ1) is 26.8. The summed E-state index contributed by atoms with van der Waals surface area (Å²) in [6.45, 7) is 4.62. The van der Waals surface area contributed by atoms with E-state index < -0.39 is 21.3 Å². The van der Waals surface area contributed by atoms with Gasteiger partial charge in [-0.05, 0) is 0 Å². The minimum atomic E-state index is -4.96. The van der Waals surface area contributed by atoms with Crippen molar-refractivity contribution in [2.24, 2.45) is 0 Å². The molecule has 38 heavy (non-hydrogen) atoms. The predicted molar refractivity (Wildman–Crippen MR) is 167 cm³/mol. The third-order valence-corrected chi connectivity index (χ3v) is 71.9. The van der Waals surface area contributed by atoms with E-state index in [4.69, 9.17) is 17.2 Å². The third kappa shape index (κ3) is 4.17. The van der Waals surface area contributed by atoms with Crippen LogP contribution >= 0.6 is 17.2 Å². The fraction of sp³-hybridized carbons (Fsp3) is 0.294. The predicted octanol–water partition coefficient (Wildman–Crippen LogP) is 9.10.